The molecule has 26 heavy (non-hydrogen) atoms. The van der Waals surface area contributed by atoms with E-state index in [9.17, 15) is 9.59 Å². The van der Waals surface area contributed by atoms with E-state index in [0.29, 0.717) is 30.2 Å². The van der Waals surface area contributed by atoms with Crippen molar-refractivity contribution >= 4 is 17.5 Å². The van der Waals surface area contributed by atoms with Gasteiger partial charge >= 0.3 is 0 Å². The molecule has 0 aliphatic carbocycles. The maximum absolute atomic E-state index is 12.3. The number of nitrogens with one attached hydrogen (secondary N) is 1. The van der Waals surface area contributed by atoms with Gasteiger partial charge in [-0.1, -0.05) is 12.1 Å². The van der Waals surface area contributed by atoms with E-state index in [2.05, 4.69) is 20.2 Å². The van der Waals surface area contributed by atoms with Crippen LogP contribution in [0, 0.1) is 6.92 Å². The van der Waals surface area contributed by atoms with E-state index in [1.165, 1.54) is 6.92 Å². The molecule has 1 saturated heterocycles. The highest BCUT2D eigenvalue weighted by atomic mass is 16.5. The number of hydrogen-bond donors (Lipinski definition) is 1. The van der Waals surface area contributed by atoms with Crippen molar-refractivity contribution in [3.05, 3.63) is 53.0 Å². The summed E-state index contributed by atoms with van der Waals surface area (Å²) in [6.45, 7) is 6.62. The summed E-state index contributed by atoms with van der Waals surface area (Å²) in [4.78, 5) is 34.7. The number of ketones is 1. The zero-order valence-electron chi connectivity index (χ0n) is 15.0. The SMILES string of the molecule is CC(=O)c1ccc(C(=O)NCc2nc(C)cc(N3CCOCC3)n2)cc1. The molecular formula is C19H22N4O3. The molecule has 1 fully saturated rings. The lowest BCUT2D eigenvalue weighted by atomic mass is 10.1. The highest BCUT2D eigenvalue weighted by molar-refractivity contribution is 5.97. The summed E-state index contributed by atoms with van der Waals surface area (Å²) in [7, 11) is 0. The van der Waals surface area contributed by atoms with Crippen LogP contribution >= 0.6 is 0 Å². The number of aryl methyl sites for hydroxylation is 1. The first kappa shape index (κ1) is 18.0. The number of ether oxygens (including phenoxy) is 1. The van der Waals surface area contributed by atoms with Crippen LogP contribution < -0.4 is 10.2 Å². The van der Waals surface area contributed by atoms with Crippen LogP contribution in [0.1, 0.15) is 39.2 Å². The second-order valence-corrected chi connectivity index (χ2v) is 6.20. The number of amides is 1. The van der Waals surface area contributed by atoms with E-state index in [1.54, 1.807) is 24.3 Å². The van der Waals surface area contributed by atoms with Gasteiger partial charge in [0.2, 0.25) is 0 Å². The first-order valence-electron chi connectivity index (χ1n) is 8.59. The lowest BCUT2D eigenvalue weighted by Crippen LogP contribution is -2.37. The second kappa shape index (κ2) is 8.05. The van der Waals surface area contributed by atoms with Crippen molar-refractivity contribution in [2.24, 2.45) is 0 Å². The van der Waals surface area contributed by atoms with E-state index in [-0.39, 0.29) is 18.2 Å². The standard InChI is InChI=1S/C19H22N4O3/c1-13-11-18(23-7-9-26-10-8-23)22-17(21-13)12-20-19(25)16-5-3-15(4-6-16)14(2)24/h3-6,11H,7-10,12H2,1-2H3,(H,20,25). The summed E-state index contributed by atoms with van der Waals surface area (Å²) >= 11 is 0. The van der Waals surface area contributed by atoms with Crippen LogP contribution in [0.15, 0.2) is 30.3 Å². The minimum absolute atomic E-state index is 0.0271. The monoisotopic (exact) mass is 354 g/mol. The molecule has 0 saturated carbocycles. The average Bonchev–Trinajstić information content (AvgIpc) is 2.66. The molecule has 2 heterocycles. The molecule has 136 valence electrons. The third kappa shape index (κ3) is 4.43. The van der Waals surface area contributed by atoms with Gasteiger partial charge in [0.05, 0.1) is 19.8 Å². The summed E-state index contributed by atoms with van der Waals surface area (Å²) < 4.78 is 5.37. The first-order chi connectivity index (χ1) is 12.5. The van der Waals surface area contributed by atoms with Crippen molar-refractivity contribution in [3.8, 4) is 0 Å². The smallest absolute Gasteiger partial charge is 0.251 e. The van der Waals surface area contributed by atoms with Crippen LogP contribution in [0.3, 0.4) is 0 Å². The topological polar surface area (TPSA) is 84.4 Å². The molecule has 0 unspecified atom stereocenters. The molecule has 1 amide bonds. The van der Waals surface area contributed by atoms with Gasteiger partial charge in [0.25, 0.3) is 5.91 Å². The van der Waals surface area contributed by atoms with E-state index in [1.807, 2.05) is 13.0 Å². The Labute approximate surface area is 152 Å². The molecule has 0 bridgehead atoms. The number of Topliss-reactive ketones (excluding diaryl/α,β-unsaturated/α-hetero) is 1. The Hall–Kier alpha value is -2.80. The van der Waals surface area contributed by atoms with Gasteiger partial charge in [-0.25, -0.2) is 9.97 Å². The molecule has 3 rings (SSSR count). The number of benzene rings is 1. The maximum Gasteiger partial charge on any atom is 0.251 e. The molecule has 2 aromatic rings. The van der Waals surface area contributed by atoms with Gasteiger partial charge in [0, 0.05) is 36.0 Å². The molecule has 1 aliphatic rings. The van der Waals surface area contributed by atoms with Crippen LogP contribution in [0.25, 0.3) is 0 Å². The number of anilines is 1. The van der Waals surface area contributed by atoms with Gasteiger partial charge in [-0.05, 0) is 26.0 Å². The van der Waals surface area contributed by atoms with Gasteiger partial charge in [0.15, 0.2) is 5.78 Å². The molecular weight excluding hydrogens is 332 g/mol. The van der Waals surface area contributed by atoms with Crippen molar-refractivity contribution in [2.75, 3.05) is 31.2 Å². The van der Waals surface area contributed by atoms with Crippen molar-refractivity contribution in [1.82, 2.24) is 15.3 Å². The fourth-order valence-corrected chi connectivity index (χ4v) is 2.76. The van der Waals surface area contributed by atoms with Gasteiger partial charge in [-0.15, -0.1) is 0 Å². The van der Waals surface area contributed by atoms with Crippen LogP contribution in [-0.2, 0) is 11.3 Å². The molecule has 7 nitrogen and oxygen atoms in total. The molecule has 1 aromatic heterocycles. The van der Waals surface area contributed by atoms with Gasteiger partial charge in [0.1, 0.15) is 11.6 Å². The zero-order chi connectivity index (χ0) is 18.5. The summed E-state index contributed by atoms with van der Waals surface area (Å²) in [5, 5.41) is 2.83. The number of rotatable bonds is 5. The largest absolute Gasteiger partial charge is 0.378 e. The predicted molar refractivity (Wildman–Crippen MR) is 97.4 cm³/mol. The molecule has 0 spiro atoms. The van der Waals surface area contributed by atoms with E-state index in [4.69, 9.17) is 4.74 Å². The average molecular weight is 354 g/mol. The zero-order valence-corrected chi connectivity index (χ0v) is 15.0. The number of hydrogen-bond acceptors (Lipinski definition) is 6. The first-order valence-corrected chi connectivity index (χ1v) is 8.59. The number of carbonyl (C=O) groups excluding carboxylic acids is 2. The Bertz CT molecular complexity index is 799. The second-order valence-electron chi connectivity index (χ2n) is 6.20. The summed E-state index contributed by atoms with van der Waals surface area (Å²) in [5.41, 5.74) is 1.94. The maximum atomic E-state index is 12.3. The molecule has 1 N–H and O–H groups in total. The number of morpholine rings is 1. The number of carbonyl (C=O) groups is 2. The summed E-state index contributed by atoms with van der Waals surface area (Å²) in [6.07, 6.45) is 0. The van der Waals surface area contributed by atoms with E-state index >= 15 is 0 Å². The quantitative estimate of drug-likeness (QED) is 0.824. The van der Waals surface area contributed by atoms with Crippen LogP contribution in [0.4, 0.5) is 5.82 Å². The van der Waals surface area contributed by atoms with Gasteiger partial charge in [-0.3, -0.25) is 9.59 Å². The lowest BCUT2D eigenvalue weighted by Gasteiger charge is -2.28. The minimum atomic E-state index is -0.224. The Morgan fingerprint density at radius 1 is 1.12 bits per heavy atom. The third-order valence-electron chi connectivity index (χ3n) is 4.18. The third-order valence-corrected chi connectivity index (χ3v) is 4.18. The van der Waals surface area contributed by atoms with E-state index in [0.717, 1.165) is 24.6 Å². The normalized spacial score (nSPS) is 14.2. The fraction of sp³-hybridized carbons (Fsp3) is 0.368. The van der Waals surface area contributed by atoms with Crippen molar-refractivity contribution in [1.29, 1.82) is 0 Å². The molecule has 7 heteroatoms. The van der Waals surface area contributed by atoms with Gasteiger partial charge in [-0.2, -0.15) is 0 Å². The Morgan fingerprint density at radius 3 is 2.42 bits per heavy atom. The Balaban J connectivity index is 1.65. The van der Waals surface area contributed by atoms with Crippen molar-refractivity contribution in [3.63, 3.8) is 0 Å². The molecule has 0 atom stereocenters. The van der Waals surface area contributed by atoms with Crippen LogP contribution in [0.5, 0.6) is 0 Å². The molecule has 1 aliphatic heterocycles. The van der Waals surface area contributed by atoms with Crippen LogP contribution in [-0.4, -0.2) is 48.0 Å². The fourth-order valence-electron chi connectivity index (χ4n) is 2.76. The van der Waals surface area contributed by atoms with Gasteiger partial charge < -0.3 is 15.0 Å². The molecule has 1 aromatic carbocycles. The minimum Gasteiger partial charge on any atom is -0.378 e. The van der Waals surface area contributed by atoms with E-state index < -0.39 is 0 Å². The Kier molecular flexibility index (Phi) is 5.58. The highest BCUT2D eigenvalue weighted by Crippen LogP contribution is 2.14. The van der Waals surface area contributed by atoms with Crippen molar-refractivity contribution in [2.45, 2.75) is 20.4 Å². The number of aromatic nitrogens is 2. The lowest BCUT2D eigenvalue weighted by molar-refractivity contribution is 0.0947. The van der Waals surface area contributed by atoms with Crippen LogP contribution in [0.2, 0.25) is 0 Å². The van der Waals surface area contributed by atoms with Crippen molar-refractivity contribution < 1.29 is 14.3 Å². The summed E-state index contributed by atoms with van der Waals surface area (Å²) in [5.74, 6) is 1.18. The highest BCUT2D eigenvalue weighted by Gasteiger charge is 2.14. The predicted octanol–water partition coefficient (Wildman–Crippen LogP) is 1.75. The Morgan fingerprint density at radius 2 is 1.77 bits per heavy atom. The number of nitrogens with zero attached hydrogens (tertiary/aromatic N) is 3. The molecule has 0 radical (unpaired) electrons. The summed E-state index contributed by atoms with van der Waals surface area (Å²) in [6, 6.07) is 8.52.